The van der Waals surface area contributed by atoms with Gasteiger partial charge in [0.2, 0.25) is 0 Å². The monoisotopic (exact) mass is 334 g/mol. The number of aliphatic hydroxyl groups is 2. The Balaban J connectivity index is 1.52. The smallest absolute Gasteiger partial charge is 0.172 e. The summed E-state index contributed by atoms with van der Waals surface area (Å²) in [7, 11) is 0. The average Bonchev–Trinajstić information content (AvgIpc) is 3.23. The summed E-state index contributed by atoms with van der Waals surface area (Å²) >= 11 is 0. The summed E-state index contributed by atoms with van der Waals surface area (Å²) in [6.07, 6.45) is 9.42. The lowest BCUT2D eigenvalue weighted by Gasteiger charge is -2.50. The largest absolute Gasteiger partial charge is 0.393 e. The first-order valence-corrected chi connectivity index (χ1v) is 9.84. The number of rotatable bonds is 0. The van der Waals surface area contributed by atoms with Gasteiger partial charge in [-0.2, -0.15) is 0 Å². The Morgan fingerprint density at radius 3 is 2.54 bits per heavy atom. The molecule has 4 fully saturated rings. The Labute approximate surface area is 144 Å². The zero-order valence-corrected chi connectivity index (χ0v) is 14.7. The van der Waals surface area contributed by atoms with Crippen molar-refractivity contribution in [3.63, 3.8) is 0 Å². The van der Waals surface area contributed by atoms with Crippen LogP contribution in [0.2, 0.25) is 0 Å². The minimum Gasteiger partial charge on any atom is -0.393 e. The van der Waals surface area contributed by atoms with E-state index in [2.05, 4.69) is 13.0 Å². The van der Waals surface area contributed by atoms with Crippen molar-refractivity contribution in [2.24, 2.45) is 22.7 Å². The van der Waals surface area contributed by atoms with Crippen molar-refractivity contribution in [1.29, 1.82) is 0 Å². The van der Waals surface area contributed by atoms with Crippen LogP contribution in [-0.2, 0) is 9.47 Å². The van der Waals surface area contributed by atoms with Gasteiger partial charge in [0.05, 0.1) is 25.4 Å². The molecule has 0 aromatic carbocycles. The summed E-state index contributed by atoms with van der Waals surface area (Å²) in [4.78, 5) is 0. The molecule has 4 nitrogen and oxygen atoms in total. The molecule has 3 saturated carbocycles. The minimum atomic E-state index is -0.420. The molecule has 2 N–H and O–H groups in total. The third-order valence-corrected chi connectivity index (χ3v) is 8.47. The lowest BCUT2D eigenvalue weighted by Crippen LogP contribution is -2.50. The molecule has 1 saturated heterocycles. The lowest BCUT2D eigenvalue weighted by atomic mass is 9.57. The molecular weight excluding hydrogens is 304 g/mol. The normalized spacial score (nSPS) is 52.5. The van der Waals surface area contributed by atoms with Gasteiger partial charge in [-0.1, -0.05) is 18.6 Å². The molecule has 0 aromatic heterocycles. The summed E-state index contributed by atoms with van der Waals surface area (Å²) in [5, 5.41) is 21.9. The molecule has 1 aliphatic heterocycles. The summed E-state index contributed by atoms with van der Waals surface area (Å²) in [6, 6.07) is 0. The van der Waals surface area contributed by atoms with Gasteiger partial charge in [0.15, 0.2) is 5.79 Å². The average molecular weight is 334 g/mol. The van der Waals surface area contributed by atoms with Crippen molar-refractivity contribution in [2.75, 3.05) is 13.2 Å². The fourth-order valence-electron chi connectivity index (χ4n) is 7.12. The third kappa shape index (κ3) is 1.83. The molecule has 4 aliphatic carbocycles. The summed E-state index contributed by atoms with van der Waals surface area (Å²) in [6.45, 7) is 3.66. The van der Waals surface area contributed by atoms with Gasteiger partial charge < -0.3 is 19.7 Å². The molecule has 2 spiro atoms. The number of hydrogen-bond donors (Lipinski definition) is 2. The number of hydrogen-bond acceptors (Lipinski definition) is 4. The van der Waals surface area contributed by atoms with E-state index in [4.69, 9.17) is 9.47 Å². The van der Waals surface area contributed by atoms with E-state index in [-0.39, 0.29) is 23.0 Å². The maximum Gasteiger partial charge on any atom is 0.172 e. The van der Waals surface area contributed by atoms with Crippen molar-refractivity contribution in [3.8, 4) is 0 Å². The molecule has 6 unspecified atom stereocenters. The molecule has 1 heterocycles. The second-order valence-corrected chi connectivity index (χ2v) is 9.16. The van der Waals surface area contributed by atoms with E-state index in [1.807, 2.05) is 0 Å². The highest BCUT2D eigenvalue weighted by molar-refractivity contribution is 5.31. The van der Waals surface area contributed by atoms with Crippen molar-refractivity contribution in [2.45, 2.75) is 76.3 Å². The van der Waals surface area contributed by atoms with Crippen LogP contribution in [0.4, 0.5) is 0 Å². The van der Waals surface area contributed by atoms with E-state index < -0.39 is 5.79 Å². The van der Waals surface area contributed by atoms with Gasteiger partial charge in [-0.3, -0.25) is 0 Å². The topological polar surface area (TPSA) is 58.9 Å². The molecule has 0 amide bonds. The van der Waals surface area contributed by atoms with Crippen LogP contribution < -0.4 is 0 Å². The van der Waals surface area contributed by atoms with Crippen LogP contribution >= 0.6 is 0 Å². The van der Waals surface area contributed by atoms with E-state index >= 15 is 0 Å². The van der Waals surface area contributed by atoms with E-state index in [0.717, 1.165) is 51.4 Å². The van der Waals surface area contributed by atoms with E-state index in [0.29, 0.717) is 25.0 Å². The molecule has 5 aliphatic rings. The van der Waals surface area contributed by atoms with Gasteiger partial charge in [0.1, 0.15) is 0 Å². The van der Waals surface area contributed by atoms with Crippen LogP contribution in [-0.4, -0.2) is 41.4 Å². The fraction of sp³-hybridized carbons (Fsp3) is 0.900. The summed E-state index contributed by atoms with van der Waals surface area (Å²) in [5.41, 5.74) is 1.28. The second-order valence-electron chi connectivity index (χ2n) is 9.16. The van der Waals surface area contributed by atoms with E-state index in [1.54, 1.807) is 0 Å². The molecule has 0 aromatic rings. The minimum absolute atomic E-state index is 0.0199. The predicted molar refractivity (Wildman–Crippen MR) is 89.2 cm³/mol. The molecule has 0 radical (unpaired) electrons. The van der Waals surface area contributed by atoms with Crippen LogP contribution in [0.15, 0.2) is 11.6 Å². The predicted octanol–water partition coefficient (Wildman–Crippen LogP) is 2.78. The Morgan fingerprint density at radius 1 is 0.958 bits per heavy atom. The van der Waals surface area contributed by atoms with Gasteiger partial charge >= 0.3 is 0 Å². The van der Waals surface area contributed by atoms with Crippen LogP contribution in [0.3, 0.4) is 0 Å². The first-order valence-electron chi connectivity index (χ1n) is 9.84. The van der Waals surface area contributed by atoms with Gasteiger partial charge in [0, 0.05) is 18.3 Å². The highest BCUT2D eigenvalue weighted by Crippen LogP contribution is 2.67. The molecule has 134 valence electrons. The van der Waals surface area contributed by atoms with Crippen LogP contribution in [0.5, 0.6) is 0 Å². The van der Waals surface area contributed by atoms with E-state index in [1.165, 1.54) is 5.57 Å². The lowest BCUT2D eigenvalue weighted by molar-refractivity contribution is -0.188. The standard InChI is InChI=1S/C20H30O4/c1-18-7-6-17(22)20-9-8-19(23-10-11-24-19)12-13(20)2-3-15(20)14(18)4-5-16(18)21/h2,14-17,21-22H,3-12H2,1H3. The quantitative estimate of drug-likeness (QED) is 0.669. The molecule has 4 heteroatoms. The molecule has 5 rings (SSSR count). The van der Waals surface area contributed by atoms with Crippen molar-refractivity contribution >= 4 is 0 Å². The molecule has 24 heavy (non-hydrogen) atoms. The van der Waals surface area contributed by atoms with Crippen LogP contribution in [0.25, 0.3) is 0 Å². The maximum atomic E-state index is 11.2. The number of allylic oxidation sites excluding steroid dienone is 1. The molecular formula is C20H30O4. The van der Waals surface area contributed by atoms with Crippen molar-refractivity contribution in [3.05, 3.63) is 11.6 Å². The second kappa shape index (κ2) is 5.06. The molecule has 6 atom stereocenters. The van der Waals surface area contributed by atoms with Crippen LogP contribution in [0.1, 0.15) is 58.3 Å². The van der Waals surface area contributed by atoms with Gasteiger partial charge in [-0.15, -0.1) is 0 Å². The number of fused-ring (bicyclic) bond motifs is 2. The Hall–Kier alpha value is -0.420. The van der Waals surface area contributed by atoms with Crippen molar-refractivity contribution < 1.29 is 19.7 Å². The van der Waals surface area contributed by atoms with Gasteiger partial charge in [-0.05, 0) is 55.8 Å². The van der Waals surface area contributed by atoms with Crippen LogP contribution in [0, 0.1) is 22.7 Å². The molecule has 0 bridgehead atoms. The van der Waals surface area contributed by atoms with Crippen molar-refractivity contribution in [1.82, 2.24) is 0 Å². The zero-order chi connectivity index (χ0) is 16.6. The Bertz CT molecular complexity index is 566. The maximum absolute atomic E-state index is 11.2. The fourth-order valence-corrected chi connectivity index (χ4v) is 7.12. The summed E-state index contributed by atoms with van der Waals surface area (Å²) < 4.78 is 11.9. The number of ether oxygens (including phenoxy) is 2. The Kier molecular flexibility index (Phi) is 3.33. The first-order chi connectivity index (χ1) is 11.5. The Morgan fingerprint density at radius 2 is 1.75 bits per heavy atom. The highest BCUT2D eigenvalue weighted by Gasteiger charge is 2.64. The van der Waals surface area contributed by atoms with E-state index in [9.17, 15) is 10.2 Å². The third-order valence-electron chi connectivity index (χ3n) is 8.47. The summed E-state index contributed by atoms with van der Waals surface area (Å²) in [5.74, 6) is 0.583. The highest BCUT2D eigenvalue weighted by atomic mass is 16.7. The van der Waals surface area contributed by atoms with Gasteiger partial charge in [-0.25, -0.2) is 0 Å². The zero-order valence-electron chi connectivity index (χ0n) is 14.7. The van der Waals surface area contributed by atoms with Gasteiger partial charge in [0.25, 0.3) is 0 Å². The first kappa shape index (κ1) is 15.8. The number of aliphatic hydroxyl groups excluding tert-OH is 2. The SMILES string of the molecule is CC12CCC(O)C34CCC5(CC3=CCC4C1CCC2O)OCCO5.